The van der Waals surface area contributed by atoms with Gasteiger partial charge in [-0.25, -0.2) is 4.39 Å². The Morgan fingerprint density at radius 3 is 2.70 bits per heavy atom. The average Bonchev–Trinajstić information content (AvgIpc) is 2.47. The molecule has 0 saturated carbocycles. The number of para-hydroxylation sites is 1. The van der Waals surface area contributed by atoms with E-state index in [1.165, 1.54) is 12.1 Å². The third-order valence-electron chi connectivity index (χ3n) is 3.06. The fourth-order valence-corrected chi connectivity index (χ4v) is 3.27. The predicted octanol–water partition coefficient (Wildman–Crippen LogP) is 3.68. The number of hydrogen-bond acceptors (Lipinski definition) is 2. The highest BCUT2D eigenvalue weighted by molar-refractivity contribution is 7.84. The molecule has 1 aromatic heterocycles. The van der Waals surface area contributed by atoms with Crippen LogP contribution in [0.25, 0.3) is 10.9 Å². The zero-order valence-electron chi connectivity index (χ0n) is 10.6. The van der Waals surface area contributed by atoms with Crippen LogP contribution in [0.15, 0.2) is 65.7 Å². The second kappa shape index (κ2) is 5.51. The molecule has 4 heteroatoms. The van der Waals surface area contributed by atoms with E-state index in [9.17, 15) is 8.60 Å². The van der Waals surface area contributed by atoms with Crippen molar-refractivity contribution in [2.75, 3.05) is 0 Å². The van der Waals surface area contributed by atoms with Crippen molar-refractivity contribution in [2.24, 2.45) is 0 Å². The van der Waals surface area contributed by atoms with E-state index < -0.39 is 10.8 Å². The van der Waals surface area contributed by atoms with Gasteiger partial charge < -0.3 is 0 Å². The summed E-state index contributed by atoms with van der Waals surface area (Å²) in [6, 6.07) is 15.6. The zero-order chi connectivity index (χ0) is 13.9. The fourth-order valence-electron chi connectivity index (χ4n) is 2.12. The Bertz CT molecular complexity index is 783. The van der Waals surface area contributed by atoms with Gasteiger partial charge in [-0.05, 0) is 29.8 Å². The SMILES string of the molecule is O=S(Cc1cccc2cccnc12)c1cccc(F)c1. The lowest BCUT2D eigenvalue weighted by atomic mass is 10.1. The molecule has 2 nitrogen and oxygen atoms in total. The van der Waals surface area contributed by atoms with Crippen molar-refractivity contribution in [3.8, 4) is 0 Å². The number of nitrogens with zero attached hydrogens (tertiary/aromatic N) is 1. The Labute approximate surface area is 118 Å². The summed E-state index contributed by atoms with van der Waals surface area (Å²) in [4.78, 5) is 4.84. The van der Waals surface area contributed by atoms with Crippen LogP contribution in [0.4, 0.5) is 4.39 Å². The van der Waals surface area contributed by atoms with Crippen LogP contribution >= 0.6 is 0 Å². The third kappa shape index (κ3) is 2.60. The largest absolute Gasteiger partial charge is 0.256 e. The van der Waals surface area contributed by atoms with Gasteiger partial charge in [0.2, 0.25) is 0 Å². The molecule has 1 atom stereocenters. The van der Waals surface area contributed by atoms with Crippen LogP contribution in [-0.4, -0.2) is 9.19 Å². The van der Waals surface area contributed by atoms with Crippen molar-refractivity contribution in [1.29, 1.82) is 0 Å². The van der Waals surface area contributed by atoms with Crippen LogP contribution < -0.4 is 0 Å². The lowest BCUT2D eigenvalue weighted by Crippen LogP contribution is -1.98. The van der Waals surface area contributed by atoms with E-state index in [1.54, 1.807) is 18.3 Å². The minimum absolute atomic E-state index is 0.331. The number of aromatic nitrogens is 1. The summed E-state index contributed by atoms with van der Waals surface area (Å²) in [5.74, 6) is -0.0375. The topological polar surface area (TPSA) is 30.0 Å². The Hall–Kier alpha value is -2.07. The highest BCUT2D eigenvalue weighted by Crippen LogP contribution is 2.20. The van der Waals surface area contributed by atoms with Crippen LogP contribution in [0, 0.1) is 5.82 Å². The van der Waals surface area contributed by atoms with E-state index in [0.29, 0.717) is 10.6 Å². The number of halogens is 1. The van der Waals surface area contributed by atoms with Crippen molar-refractivity contribution < 1.29 is 8.60 Å². The highest BCUT2D eigenvalue weighted by Gasteiger charge is 2.09. The quantitative estimate of drug-likeness (QED) is 0.734. The molecule has 20 heavy (non-hydrogen) atoms. The Balaban J connectivity index is 1.95. The van der Waals surface area contributed by atoms with Gasteiger partial charge in [0, 0.05) is 16.5 Å². The van der Waals surface area contributed by atoms with Gasteiger partial charge in [-0.1, -0.05) is 30.3 Å². The van der Waals surface area contributed by atoms with E-state index in [0.717, 1.165) is 16.5 Å². The normalized spacial score (nSPS) is 12.4. The second-order valence-corrected chi connectivity index (χ2v) is 5.89. The average molecular weight is 285 g/mol. The maximum absolute atomic E-state index is 13.2. The molecule has 0 radical (unpaired) electrons. The molecule has 0 fully saturated rings. The highest BCUT2D eigenvalue weighted by atomic mass is 32.2. The maximum atomic E-state index is 13.2. The molecular formula is C16H12FNOS. The molecule has 1 unspecified atom stereocenters. The van der Waals surface area contributed by atoms with Gasteiger partial charge in [-0.3, -0.25) is 9.19 Å². The van der Waals surface area contributed by atoms with E-state index in [-0.39, 0.29) is 5.82 Å². The summed E-state index contributed by atoms with van der Waals surface area (Å²) >= 11 is 0. The van der Waals surface area contributed by atoms with Gasteiger partial charge in [0.25, 0.3) is 0 Å². The number of benzene rings is 2. The summed E-state index contributed by atoms with van der Waals surface area (Å²) in [5, 5.41) is 1.02. The third-order valence-corrected chi connectivity index (χ3v) is 4.41. The van der Waals surface area contributed by atoms with Crippen LogP contribution in [0.2, 0.25) is 0 Å². The van der Waals surface area contributed by atoms with Crippen molar-refractivity contribution in [1.82, 2.24) is 4.98 Å². The standard InChI is InChI=1S/C16H12FNOS/c17-14-7-2-8-15(10-14)20(19)11-13-5-1-4-12-6-3-9-18-16(12)13/h1-10H,11H2. The van der Waals surface area contributed by atoms with Gasteiger partial charge in [-0.2, -0.15) is 0 Å². The number of rotatable bonds is 3. The van der Waals surface area contributed by atoms with Gasteiger partial charge in [0.1, 0.15) is 5.82 Å². The summed E-state index contributed by atoms with van der Waals surface area (Å²) in [5.41, 5.74) is 1.76. The summed E-state index contributed by atoms with van der Waals surface area (Å²) < 4.78 is 25.5. The number of pyridine rings is 1. The first-order valence-corrected chi connectivity index (χ1v) is 7.52. The molecule has 0 aliphatic rings. The molecule has 100 valence electrons. The molecule has 0 aliphatic heterocycles. The van der Waals surface area contributed by atoms with E-state index in [2.05, 4.69) is 4.98 Å². The molecule has 2 aromatic carbocycles. The number of fused-ring (bicyclic) bond motifs is 1. The lowest BCUT2D eigenvalue weighted by molar-refractivity contribution is 0.622. The molecule has 0 amide bonds. The lowest BCUT2D eigenvalue weighted by Gasteiger charge is -2.06. The van der Waals surface area contributed by atoms with Crippen LogP contribution in [0.3, 0.4) is 0 Å². The predicted molar refractivity (Wildman–Crippen MR) is 78.3 cm³/mol. The summed E-state index contributed by atoms with van der Waals surface area (Å²) in [7, 11) is -1.28. The molecule has 0 bridgehead atoms. The minimum atomic E-state index is -1.28. The van der Waals surface area contributed by atoms with E-state index in [1.807, 2.05) is 30.3 Å². The van der Waals surface area contributed by atoms with Crippen molar-refractivity contribution >= 4 is 21.7 Å². The Morgan fingerprint density at radius 1 is 1.05 bits per heavy atom. The van der Waals surface area contributed by atoms with Crippen molar-refractivity contribution in [3.05, 3.63) is 72.2 Å². The fraction of sp³-hybridized carbons (Fsp3) is 0.0625. The molecular weight excluding hydrogens is 273 g/mol. The van der Waals surface area contributed by atoms with Gasteiger partial charge >= 0.3 is 0 Å². The van der Waals surface area contributed by atoms with Crippen molar-refractivity contribution in [2.45, 2.75) is 10.6 Å². The van der Waals surface area contributed by atoms with Crippen molar-refractivity contribution in [3.63, 3.8) is 0 Å². The molecule has 0 N–H and O–H groups in total. The van der Waals surface area contributed by atoms with Gasteiger partial charge in [0.05, 0.1) is 22.1 Å². The van der Waals surface area contributed by atoms with Gasteiger partial charge in [0.15, 0.2) is 0 Å². The van der Waals surface area contributed by atoms with E-state index >= 15 is 0 Å². The second-order valence-electron chi connectivity index (χ2n) is 4.44. The summed E-state index contributed by atoms with van der Waals surface area (Å²) in [6.45, 7) is 0. The van der Waals surface area contributed by atoms with Gasteiger partial charge in [-0.15, -0.1) is 0 Å². The first-order chi connectivity index (χ1) is 9.74. The first kappa shape index (κ1) is 12.9. The van der Waals surface area contributed by atoms with E-state index in [4.69, 9.17) is 0 Å². The number of hydrogen-bond donors (Lipinski definition) is 0. The smallest absolute Gasteiger partial charge is 0.124 e. The molecule has 3 aromatic rings. The Kier molecular flexibility index (Phi) is 3.56. The Morgan fingerprint density at radius 2 is 1.85 bits per heavy atom. The molecule has 0 saturated heterocycles. The monoisotopic (exact) mass is 285 g/mol. The first-order valence-electron chi connectivity index (χ1n) is 6.20. The van der Waals surface area contributed by atoms with Crippen LogP contribution in [0.5, 0.6) is 0 Å². The molecule has 3 rings (SSSR count). The molecule has 0 aliphatic carbocycles. The van der Waals surface area contributed by atoms with Crippen LogP contribution in [-0.2, 0) is 16.6 Å². The molecule has 1 heterocycles. The minimum Gasteiger partial charge on any atom is -0.256 e. The zero-order valence-corrected chi connectivity index (χ0v) is 11.4. The summed E-state index contributed by atoms with van der Waals surface area (Å²) in [6.07, 6.45) is 1.72. The maximum Gasteiger partial charge on any atom is 0.124 e. The van der Waals surface area contributed by atoms with Crippen LogP contribution in [0.1, 0.15) is 5.56 Å². The molecule has 0 spiro atoms.